The van der Waals surface area contributed by atoms with Gasteiger partial charge in [-0.25, -0.2) is 9.38 Å². The second-order valence-corrected chi connectivity index (χ2v) is 7.78. The van der Waals surface area contributed by atoms with Gasteiger partial charge in [0.2, 0.25) is 5.91 Å². The molecule has 0 bridgehead atoms. The summed E-state index contributed by atoms with van der Waals surface area (Å²) in [4.78, 5) is 15.6. The number of alkyl halides is 3. The molecule has 12 heteroatoms. The molecule has 7 nitrogen and oxygen atoms in total. The maximum Gasteiger partial charge on any atom is 0.416 e. The van der Waals surface area contributed by atoms with Crippen molar-refractivity contribution in [3.63, 3.8) is 0 Å². The first-order chi connectivity index (χ1) is 13.5. The first-order valence-electron chi connectivity index (χ1n) is 8.10. The molecule has 0 aromatic heterocycles. The summed E-state index contributed by atoms with van der Waals surface area (Å²) in [5.74, 6) is -1.62. The maximum atomic E-state index is 13.0. The number of nitrogens with two attached hydrogens (primary N) is 1. The van der Waals surface area contributed by atoms with Crippen molar-refractivity contribution in [2.24, 2.45) is 10.7 Å². The first kappa shape index (κ1) is 20.7. The quantitative estimate of drug-likeness (QED) is 0.725. The van der Waals surface area contributed by atoms with Crippen molar-refractivity contribution in [1.29, 1.82) is 0 Å². The largest absolute Gasteiger partial charge is 0.416 e. The van der Waals surface area contributed by atoms with E-state index in [0.717, 1.165) is 18.2 Å². The molecule has 1 amide bonds. The number of nitrogens with one attached hydrogen (secondary N) is 1. The van der Waals surface area contributed by atoms with E-state index in [2.05, 4.69) is 10.4 Å². The standard InChI is InChI=1S/C17H14F4N4O3S/c18-12-4-1-10(2-5-12)7-16(26)24-25-15(9-22)23-13-8-11(17(19,20)21)3-6-14(13)29(25,27)28/h1-6,8H,7,9,22H2,(H,24,26). The predicted octanol–water partition coefficient (Wildman–Crippen LogP) is 2.11. The Morgan fingerprint density at radius 1 is 1.14 bits per heavy atom. The van der Waals surface area contributed by atoms with Gasteiger partial charge in [0, 0.05) is 0 Å². The van der Waals surface area contributed by atoms with Gasteiger partial charge in [0.05, 0.1) is 24.2 Å². The Morgan fingerprint density at radius 3 is 2.38 bits per heavy atom. The van der Waals surface area contributed by atoms with Crippen molar-refractivity contribution in [2.45, 2.75) is 17.5 Å². The van der Waals surface area contributed by atoms with E-state index in [4.69, 9.17) is 5.73 Å². The zero-order valence-electron chi connectivity index (χ0n) is 14.6. The van der Waals surface area contributed by atoms with Crippen molar-refractivity contribution in [1.82, 2.24) is 9.84 Å². The summed E-state index contributed by atoms with van der Waals surface area (Å²) in [5.41, 5.74) is 6.55. The molecule has 0 saturated carbocycles. The number of fused-ring (bicyclic) bond motifs is 1. The Balaban J connectivity index is 1.91. The Kier molecular flexibility index (Phi) is 5.32. The Labute approximate surface area is 162 Å². The van der Waals surface area contributed by atoms with Crippen molar-refractivity contribution in [2.75, 3.05) is 6.54 Å². The van der Waals surface area contributed by atoms with E-state index in [1.807, 2.05) is 0 Å². The molecule has 154 valence electrons. The summed E-state index contributed by atoms with van der Waals surface area (Å²) in [7, 11) is -4.44. The summed E-state index contributed by atoms with van der Waals surface area (Å²) in [6.45, 7) is -0.467. The molecule has 0 aliphatic carbocycles. The third kappa shape index (κ3) is 4.22. The Hall–Kier alpha value is -2.99. The number of rotatable bonds is 4. The number of aliphatic imine (C=N–C) groups is 1. The molecular weight excluding hydrogens is 416 g/mol. The van der Waals surface area contributed by atoms with Gasteiger partial charge in [0.25, 0.3) is 10.0 Å². The molecule has 1 heterocycles. The summed E-state index contributed by atoms with van der Waals surface area (Å²) in [6, 6.07) is 6.96. The van der Waals surface area contributed by atoms with Crippen LogP contribution in [0.4, 0.5) is 23.2 Å². The number of hydrogen-bond donors (Lipinski definition) is 2. The molecule has 3 N–H and O–H groups in total. The van der Waals surface area contributed by atoms with E-state index in [0.29, 0.717) is 22.1 Å². The van der Waals surface area contributed by atoms with E-state index >= 15 is 0 Å². The molecule has 3 rings (SSSR count). The molecule has 1 aliphatic heterocycles. The lowest BCUT2D eigenvalue weighted by Crippen LogP contribution is -2.53. The second kappa shape index (κ2) is 7.44. The lowest BCUT2D eigenvalue weighted by atomic mass is 10.1. The summed E-state index contributed by atoms with van der Waals surface area (Å²) < 4.78 is 77.7. The molecule has 0 spiro atoms. The number of carbonyl (C=O) groups is 1. The fraction of sp³-hybridized carbons (Fsp3) is 0.176. The molecule has 0 unspecified atom stereocenters. The minimum absolute atomic E-state index is 0.274. The van der Waals surface area contributed by atoms with Crippen LogP contribution < -0.4 is 11.2 Å². The van der Waals surface area contributed by atoms with E-state index in [9.17, 15) is 30.8 Å². The van der Waals surface area contributed by atoms with Gasteiger partial charge in [-0.15, -0.1) is 0 Å². The van der Waals surface area contributed by atoms with Crippen LogP contribution in [-0.2, 0) is 27.4 Å². The topological polar surface area (TPSA) is 105 Å². The Morgan fingerprint density at radius 2 is 1.79 bits per heavy atom. The van der Waals surface area contributed by atoms with E-state index in [-0.39, 0.29) is 12.3 Å². The number of sulfonamides is 1. The molecule has 29 heavy (non-hydrogen) atoms. The van der Waals surface area contributed by atoms with E-state index < -0.39 is 50.6 Å². The van der Waals surface area contributed by atoms with E-state index in [1.54, 1.807) is 0 Å². The van der Waals surface area contributed by atoms with Crippen LogP contribution in [0.25, 0.3) is 0 Å². The minimum Gasteiger partial charge on any atom is -0.324 e. The molecule has 2 aromatic rings. The number of hydrogen-bond acceptors (Lipinski definition) is 5. The first-order valence-corrected chi connectivity index (χ1v) is 9.54. The monoisotopic (exact) mass is 430 g/mol. The molecular formula is C17H14F4N4O3S. The number of hydrazine groups is 1. The molecule has 0 saturated heterocycles. The predicted molar refractivity (Wildman–Crippen MR) is 94.9 cm³/mol. The van der Waals surface area contributed by atoms with Gasteiger partial charge in [0.1, 0.15) is 10.7 Å². The fourth-order valence-corrected chi connectivity index (χ4v) is 4.03. The van der Waals surface area contributed by atoms with Gasteiger partial charge in [-0.3, -0.25) is 10.2 Å². The third-order valence-corrected chi connectivity index (χ3v) is 5.66. The van der Waals surface area contributed by atoms with Crippen LogP contribution in [0.3, 0.4) is 0 Å². The number of amides is 1. The lowest BCUT2D eigenvalue weighted by Gasteiger charge is -2.29. The van der Waals surface area contributed by atoms with Crippen molar-refractivity contribution < 1.29 is 30.8 Å². The van der Waals surface area contributed by atoms with E-state index in [1.165, 1.54) is 12.1 Å². The molecule has 1 aliphatic rings. The van der Waals surface area contributed by atoms with Gasteiger partial charge in [-0.2, -0.15) is 26.0 Å². The molecule has 0 radical (unpaired) electrons. The average Bonchev–Trinajstić information content (AvgIpc) is 2.64. The zero-order valence-corrected chi connectivity index (χ0v) is 15.4. The average molecular weight is 430 g/mol. The van der Waals surface area contributed by atoms with Crippen LogP contribution in [-0.4, -0.2) is 31.1 Å². The lowest BCUT2D eigenvalue weighted by molar-refractivity contribution is -0.137. The minimum atomic E-state index is -4.68. The van der Waals surface area contributed by atoms with Crippen molar-refractivity contribution in [3.05, 3.63) is 59.4 Å². The van der Waals surface area contributed by atoms with Crippen LogP contribution >= 0.6 is 0 Å². The van der Waals surface area contributed by atoms with Gasteiger partial charge >= 0.3 is 6.18 Å². The fourth-order valence-electron chi connectivity index (χ4n) is 2.61. The highest BCUT2D eigenvalue weighted by atomic mass is 32.2. The highest BCUT2D eigenvalue weighted by molar-refractivity contribution is 7.89. The van der Waals surface area contributed by atoms with Gasteiger partial charge in [-0.1, -0.05) is 12.1 Å². The number of nitrogens with zero attached hydrogens (tertiary/aromatic N) is 2. The summed E-state index contributed by atoms with van der Waals surface area (Å²) >= 11 is 0. The van der Waals surface area contributed by atoms with Crippen molar-refractivity contribution in [3.8, 4) is 0 Å². The van der Waals surface area contributed by atoms with Crippen LogP contribution in [0.5, 0.6) is 0 Å². The number of halogens is 4. The molecule has 0 atom stereocenters. The van der Waals surface area contributed by atoms with Gasteiger partial charge < -0.3 is 5.73 Å². The van der Waals surface area contributed by atoms with Gasteiger partial charge in [0.15, 0.2) is 5.84 Å². The summed E-state index contributed by atoms with van der Waals surface area (Å²) in [6.07, 6.45) is -4.96. The van der Waals surface area contributed by atoms with Gasteiger partial charge in [-0.05, 0) is 35.9 Å². The highest BCUT2D eigenvalue weighted by Crippen LogP contribution is 2.37. The Bertz CT molecular complexity index is 1080. The number of carbonyl (C=O) groups excluding carboxylic acids is 1. The van der Waals surface area contributed by atoms with Crippen LogP contribution in [0.1, 0.15) is 11.1 Å². The van der Waals surface area contributed by atoms with Crippen LogP contribution in [0.2, 0.25) is 0 Å². The SMILES string of the molecule is NCC1=Nc2cc(C(F)(F)F)ccc2S(=O)(=O)N1NC(=O)Cc1ccc(F)cc1. The zero-order chi connectivity index (χ0) is 21.4. The van der Waals surface area contributed by atoms with Crippen LogP contribution in [0, 0.1) is 5.82 Å². The smallest absolute Gasteiger partial charge is 0.324 e. The number of benzene rings is 2. The number of amidine groups is 1. The van der Waals surface area contributed by atoms with Crippen molar-refractivity contribution >= 4 is 27.5 Å². The maximum absolute atomic E-state index is 13.0. The highest BCUT2D eigenvalue weighted by Gasteiger charge is 2.38. The molecule has 2 aromatic carbocycles. The molecule has 0 fully saturated rings. The normalized spacial score (nSPS) is 15.5. The van der Waals surface area contributed by atoms with Crippen LogP contribution in [0.15, 0.2) is 52.4 Å². The second-order valence-electron chi connectivity index (χ2n) is 6.02. The summed E-state index contributed by atoms with van der Waals surface area (Å²) in [5, 5.41) is 0. The third-order valence-electron chi connectivity index (χ3n) is 3.98.